The summed E-state index contributed by atoms with van der Waals surface area (Å²) in [5.41, 5.74) is 1.18. The quantitative estimate of drug-likeness (QED) is 0.575. The number of carbonyl (C=O) groups is 1. The summed E-state index contributed by atoms with van der Waals surface area (Å²) in [4.78, 5) is 33.2. The number of hydrogen-bond donors (Lipinski definition) is 0. The van der Waals surface area contributed by atoms with Crippen LogP contribution in [0.1, 0.15) is 16.9 Å². The molecule has 1 aliphatic rings. The van der Waals surface area contributed by atoms with Gasteiger partial charge >= 0.3 is 0 Å². The van der Waals surface area contributed by atoms with E-state index in [0.717, 1.165) is 29.5 Å². The molecule has 1 aliphatic carbocycles. The van der Waals surface area contributed by atoms with E-state index < -0.39 is 0 Å². The van der Waals surface area contributed by atoms with Gasteiger partial charge in [0.05, 0.1) is 24.3 Å². The number of aromatic nitrogens is 2. The third kappa shape index (κ3) is 3.22. The van der Waals surface area contributed by atoms with Crippen LogP contribution >= 0.6 is 23.1 Å². The lowest BCUT2D eigenvalue weighted by molar-refractivity contribution is -0.125. The van der Waals surface area contributed by atoms with Crippen LogP contribution in [0.25, 0.3) is 10.2 Å². The molecule has 24 heavy (non-hydrogen) atoms. The fraction of sp³-hybridized carbons (Fsp3) is 0.562. The van der Waals surface area contributed by atoms with Crippen LogP contribution in [0.4, 0.5) is 0 Å². The molecule has 0 unspecified atom stereocenters. The average molecular weight is 367 g/mol. The van der Waals surface area contributed by atoms with Gasteiger partial charge in [0.1, 0.15) is 4.83 Å². The van der Waals surface area contributed by atoms with E-state index in [1.54, 1.807) is 42.0 Å². The van der Waals surface area contributed by atoms with E-state index in [1.807, 2.05) is 0 Å². The first-order valence-corrected chi connectivity index (χ1v) is 9.70. The minimum Gasteiger partial charge on any atom is -0.383 e. The zero-order valence-electron chi connectivity index (χ0n) is 14.1. The van der Waals surface area contributed by atoms with Crippen molar-refractivity contribution in [1.82, 2.24) is 14.5 Å². The van der Waals surface area contributed by atoms with Gasteiger partial charge in [0, 0.05) is 26.1 Å². The van der Waals surface area contributed by atoms with Crippen molar-refractivity contribution in [1.29, 1.82) is 0 Å². The maximum Gasteiger partial charge on any atom is 0.263 e. The van der Waals surface area contributed by atoms with E-state index >= 15 is 0 Å². The van der Waals surface area contributed by atoms with Crippen LogP contribution in [0.5, 0.6) is 0 Å². The number of methoxy groups -OCH3 is 1. The number of thiophene rings is 1. The minimum atomic E-state index is -0.00347. The predicted octanol–water partition coefficient (Wildman–Crippen LogP) is 1.77. The summed E-state index contributed by atoms with van der Waals surface area (Å²) in [6.45, 7) is 0.885. The molecule has 0 spiro atoms. The monoisotopic (exact) mass is 367 g/mol. The molecule has 2 aromatic rings. The first kappa shape index (κ1) is 17.4. The highest BCUT2D eigenvalue weighted by Crippen LogP contribution is 2.35. The molecule has 6 nitrogen and oxygen atoms in total. The second-order valence-electron chi connectivity index (χ2n) is 5.96. The second-order valence-corrected chi connectivity index (χ2v) is 7.98. The van der Waals surface area contributed by atoms with E-state index in [0.29, 0.717) is 18.3 Å². The van der Waals surface area contributed by atoms with Crippen LogP contribution in [0, 0.1) is 0 Å². The first-order chi connectivity index (χ1) is 11.5. The number of fused-ring (bicyclic) bond motifs is 3. The van der Waals surface area contributed by atoms with Gasteiger partial charge in [0.15, 0.2) is 5.16 Å². The number of ether oxygens (including phenoxy) is 1. The van der Waals surface area contributed by atoms with Gasteiger partial charge in [-0.25, -0.2) is 4.98 Å². The maximum absolute atomic E-state index is 13.0. The van der Waals surface area contributed by atoms with Crippen molar-refractivity contribution in [3.05, 3.63) is 20.8 Å². The van der Waals surface area contributed by atoms with Crippen LogP contribution in [-0.2, 0) is 28.9 Å². The SMILES string of the molecule is COCCn1c(SCC(=O)N(C)C)nc2sc3c(c2c1=O)CCC3. The number of nitrogens with zero attached hydrogens (tertiary/aromatic N) is 3. The normalized spacial score (nSPS) is 13.5. The number of aryl methyl sites for hydroxylation is 2. The Kier molecular flexibility index (Phi) is 5.27. The molecular formula is C16H21N3O3S2. The fourth-order valence-electron chi connectivity index (χ4n) is 2.80. The third-order valence-corrected chi connectivity index (χ3v) is 6.28. The number of amides is 1. The van der Waals surface area contributed by atoms with Crippen molar-refractivity contribution in [3.8, 4) is 0 Å². The van der Waals surface area contributed by atoms with Gasteiger partial charge in [0.25, 0.3) is 5.56 Å². The van der Waals surface area contributed by atoms with Gasteiger partial charge in [-0.2, -0.15) is 0 Å². The molecule has 0 aromatic carbocycles. The molecule has 0 bridgehead atoms. The zero-order chi connectivity index (χ0) is 17.3. The zero-order valence-corrected chi connectivity index (χ0v) is 15.8. The van der Waals surface area contributed by atoms with E-state index in [-0.39, 0.29) is 17.2 Å². The number of thioether (sulfide) groups is 1. The molecule has 0 aliphatic heterocycles. The Bertz CT molecular complexity index is 826. The molecule has 2 heterocycles. The molecule has 2 aromatic heterocycles. The van der Waals surface area contributed by atoms with Gasteiger partial charge in [-0.15, -0.1) is 11.3 Å². The summed E-state index contributed by atoms with van der Waals surface area (Å²) in [6, 6.07) is 0. The molecule has 0 N–H and O–H groups in total. The van der Waals surface area contributed by atoms with E-state index in [9.17, 15) is 9.59 Å². The van der Waals surface area contributed by atoms with Gasteiger partial charge in [0.2, 0.25) is 5.91 Å². The van der Waals surface area contributed by atoms with Crippen molar-refractivity contribution in [2.75, 3.05) is 33.6 Å². The van der Waals surface area contributed by atoms with Crippen molar-refractivity contribution in [2.24, 2.45) is 0 Å². The first-order valence-electron chi connectivity index (χ1n) is 7.90. The lowest BCUT2D eigenvalue weighted by atomic mass is 10.2. The third-order valence-electron chi connectivity index (χ3n) is 4.13. The molecule has 1 amide bonds. The number of rotatable bonds is 6. The molecule has 130 valence electrons. The van der Waals surface area contributed by atoms with Crippen LogP contribution < -0.4 is 5.56 Å². The Balaban J connectivity index is 2.03. The van der Waals surface area contributed by atoms with Crippen LogP contribution in [-0.4, -0.2) is 53.9 Å². The largest absolute Gasteiger partial charge is 0.383 e. The fourth-order valence-corrected chi connectivity index (χ4v) is 5.11. The summed E-state index contributed by atoms with van der Waals surface area (Å²) in [5.74, 6) is 0.268. The molecule has 0 atom stereocenters. The van der Waals surface area contributed by atoms with Gasteiger partial charge in [-0.05, 0) is 24.8 Å². The minimum absolute atomic E-state index is 0.00121. The van der Waals surface area contributed by atoms with Gasteiger partial charge < -0.3 is 9.64 Å². The Morgan fingerprint density at radius 3 is 2.92 bits per heavy atom. The lowest BCUT2D eigenvalue weighted by Gasteiger charge is -2.13. The van der Waals surface area contributed by atoms with Crippen LogP contribution in [0.3, 0.4) is 0 Å². The van der Waals surface area contributed by atoms with E-state index in [2.05, 4.69) is 0 Å². The van der Waals surface area contributed by atoms with Crippen molar-refractivity contribution < 1.29 is 9.53 Å². The molecule has 0 saturated carbocycles. The van der Waals surface area contributed by atoms with E-state index in [1.165, 1.54) is 22.2 Å². The van der Waals surface area contributed by atoms with Crippen molar-refractivity contribution in [3.63, 3.8) is 0 Å². The molecule has 3 rings (SSSR count). The summed E-state index contributed by atoms with van der Waals surface area (Å²) in [6.07, 6.45) is 3.11. The summed E-state index contributed by atoms with van der Waals surface area (Å²) in [5, 5.41) is 1.37. The van der Waals surface area contributed by atoms with Crippen LogP contribution in [0.2, 0.25) is 0 Å². The predicted molar refractivity (Wildman–Crippen MR) is 97.2 cm³/mol. The number of carbonyl (C=O) groups excluding carboxylic acids is 1. The topological polar surface area (TPSA) is 64.4 Å². The highest BCUT2D eigenvalue weighted by molar-refractivity contribution is 7.99. The molecule has 8 heteroatoms. The molecular weight excluding hydrogens is 346 g/mol. The Labute approximate surface area is 148 Å². The standard InChI is InChI=1S/C16H21N3O3S2/c1-18(2)12(20)9-23-16-17-14-13(10-5-4-6-11(10)24-14)15(21)19(16)7-8-22-3/h4-9H2,1-3H3. The maximum atomic E-state index is 13.0. The molecule has 0 fully saturated rings. The lowest BCUT2D eigenvalue weighted by Crippen LogP contribution is -2.27. The Morgan fingerprint density at radius 1 is 1.42 bits per heavy atom. The van der Waals surface area contributed by atoms with Crippen molar-refractivity contribution >= 4 is 39.2 Å². The highest BCUT2D eigenvalue weighted by atomic mass is 32.2. The second kappa shape index (κ2) is 7.25. The van der Waals surface area contributed by atoms with Gasteiger partial charge in [-0.3, -0.25) is 14.2 Å². The van der Waals surface area contributed by atoms with Gasteiger partial charge in [-0.1, -0.05) is 11.8 Å². The molecule has 0 saturated heterocycles. The molecule has 0 radical (unpaired) electrons. The van der Waals surface area contributed by atoms with E-state index in [4.69, 9.17) is 9.72 Å². The van der Waals surface area contributed by atoms with Crippen LogP contribution in [0.15, 0.2) is 9.95 Å². The summed E-state index contributed by atoms with van der Waals surface area (Å²) >= 11 is 2.94. The highest BCUT2D eigenvalue weighted by Gasteiger charge is 2.23. The average Bonchev–Trinajstić information content (AvgIpc) is 3.12. The van der Waals surface area contributed by atoms with Crippen molar-refractivity contribution in [2.45, 2.75) is 31.0 Å². The Morgan fingerprint density at radius 2 is 2.21 bits per heavy atom. The summed E-state index contributed by atoms with van der Waals surface area (Å²) < 4.78 is 6.79. The summed E-state index contributed by atoms with van der Waals surface area (Å²) in [7, 11) is 5.06. The number of hydrogen-bond acceptors (Lipinski definition) is 6. The Hall–Kier alpha value is -1.38. The smallest absolute Gasteiger partial charge is 0.263 e.